The number of amides is 1. The maximum Gasteiger partial charge on any atom is 0.341 e. The van der Waals surface area contributed by atoms with Gasteiger partial charge in [-0.3, -0.25) is 19.2 Å². The minimum Gasteiger partial charge on any atom is -0.479 e. The van der Waals surface area contributed by atoms with E-state index in [0.29, 0.717) is 20.5 Å². The van der Waals surface area contributed by atoms with Gasteiger partial charge in [0.2, 0.25) is 0 Å². The predicted octanol–water partition coefficient (Wildman–Crippen LogP) is 4.17. The molecule has 0 fully saturated rings. The van der Waals surface area contributed by atoms with E-state index in [0.717, 1.165) is 24.3 Å². The highest BCUT2D eigenvalue weighted by molar-refractivity contribution is 6.32. The Morgan fingerprint density at radius 2 is 1.11 bits per heavy atom. The smallest absolute Gasteiger partial charge is 0.341 e. The molecule has 2 N–H and O–H groups in total. The van der Waals surface area contributed by atoms with E-state index in [4.69, 9.17) is 47.3 Å². The zero-order chi connectivity index (χ0) is 45.4. The Kier molecular flexibility index (Phi) is 14.6. The van der Waals surface area contributed by atoms with Gasteiger partial charge >= 0.3 is 17.3 Å². The first-order valence-electron chi connectivity index (χ1n) is 17.5. The van der Waals surface area contributed by atoms with Gasteiger partial charge < -0.3 is 33.2 Å². The van der Waals surface area contributed by atoms with E-state index in [1.54, 1.807) is 13.8 Å². The molecule has 19 nitrogen and oxygen atoms in total. The summed E-state index contributed by atoms with van der Waals surface area (Å²) in [5, 5.41) is 8.48. The number of nitrogens with zero attached hydrogens (tertiary/aromatic N) is 6. The molecule has 324 valence electrons. The lowest BCUT2D eigenvalue weighted by Gasteiger charge is -2.15. The zero-order valence-electron chi connectivity index (χ0n) is 33.0. The second-order valence-electron chi connectivity index (χ2n) is 12.6. The minimum absolute atomic E-state index is 0.00219. The monoisotopic (exact) mass is 899 g/mol. The number of nitrogens with one attached hydrogen (secondary N) is 1. The van der Waals surface area contributed by atoms with Crippen LogP contribution in [-0.4, -0.2) is 65.5 Å². The molecule has 62 heavy (non-hydrogen) atoms. The summed E-state index contributed by atoms with van der Waals surface area (Å²) in [5.74, 6) is -3.90. The Morgan fingerprint density at radius 3 is 1.52 bits per heavy atom. The topological polar surface area (TPSA) is 226 Å². The second kappa shape index (κ2) is 19.8. The van der Waals surface area contributed by atoms with E-state index < -0.39 is 59.2 Å². The summed E-state index contributed by atoms with van der Waals surface area (Å²) in [6.07, 6.45) is 2.76. The van der Waals surface area contributed by atoms with Crippen LogP contribution in [0.3, 0.4) is 0 Å². The molecule has 6 aromatic rings. The molecule has 4 aromatic heterocycles. The van der Waals surface area contributed by atoms with Crippen molar-refractivity contribution in [3.05, 3.63) is 148 Å². The van der Waals surface area contributed by atoms with Crippen LogP contribution in [0.25, 0.3) is 11.4 Å². The number of hydrogen-bond donors (Lipinski definition) is 2. The lowest BCUT2D eigenvalue weighted by molar-refractivity contribution is -0.139. The number of rotatable bonds is 13. The van der Waals surface area contributed by atoms with Gasteiger partial charge in [0.25, 0.3) is 28.8 Å². The van der Waals surface area contributed by atoms with Crippen LogP contribution in [0.5, 0.6) is 34.8 Å². The normalized spacial score (nSPS) is 10.7. The van der Waals surface area contributed by atoms with Crippen LogP contribution in [-0.2, 0) is 28.5 Å². The van der Waals surface area contributed by atoms with Crippen molar-refractivity contribution >= 4 is 35.1 Å². The number of hydrogen-bond acceptors (Lipinski definition) is 13. The van der Waals surface area contributed by atoms with Crippen LogP contribution in [0.4, 0.5) is 8.78 Å². The first-order valence-corrected chi connectivity index (χ1v) is 18.3. The summed E-state index contributed by atoms with van der Waals surface area (Å²) in [7, 11) is 4.17. The summed E-state index contributed by atoms with van der Waals surface area (Å²) in [4.78, 5) is 84.5. The second-order valence-corrected chi connectivity index (χ2v) is 13.4. The van der Waals surface area contributed by atoms with Crippen LogP contribution >= 0.6 is 23.2 Å². The van der Waals surface area contributed by atoms with Crippen LogP contribution in [0, 0.1) is 25.5 Å². The fourth-order valence-electron chi connectivity index (χ4n) is 5.22. The Balaban J connectivity index is 0.000000235. The van der Waals surface area contributed by atoms with Crippen molar-refractivity contribution in [2.45, 2.75) is 13.8 Å². The van der Waals surface area contributed by atoms with Crippen molar-refractivity contribution in [3.63, 3.8) is 0 Å². The molecule has 0 spiro atoms. The largest absolute Gasteiger partial charge is 0.479 e. The Labute approximate surface area is 357 Å². The van der Waals surface area contributed by atoms with Gasteiger partial charge in [0, 0.05) is 62.1 Å². The average molecular weight is 901 g/mol. The summed E-state index contributed by atoms with van der Waals surface area (Å²) in [5.41, 5.74) is -0.738. The number of benzene rings is 2. The molecule has 0 unspecified atom stereocenters. The van der Waals surface area contributed by atoms with Crippen molar-refractivity contribution in [2.75, 3.05) is 20.3 Å². The predicted molar refractivity (Wildman–Crippen MR) is 216 cm³/mol. The number of carbonyl (C=O) groups excluding carboxylic acids is 1. The summed E-state index contributed by atoms with van der Waals surface area (Å²) in [6, 6.07) is 12.4. The van der Waals surface area contributed by atoms with Crippen LogP contribution < -0.4 is 46.9 Å². The number of hydroxylamine groups is 1. The van der Waals surface area contributed by atoms with Gasteiger partial charge in [-0.1, -0.05) is 23.2 Å². The van der Waals surface area contributed by atoms with Gasteiger partial charge in [-0.25, -0.2) is 47.7 Å². The van der Waals surface area contributed by atoms with E-state index in [-0.39, 0.29) is 56.2 Å². The highest BCUT2D eigenvalue weighted by Gasteiger charge is 2.21. The van der Waals surface area contributed by atoms with Crippen molar-refractivity contribution in [1.82, 2.24) is 33.7 Å². The Bertz CT molecular complexity index is 2940. The highest BCUT2D eigenvalue weighted by Crippen LogP contribution is 2.37. The first-order chi connectivity index (χ1) is 29.4. The molecule has 0 saturated carbocycles. The fourth-order valence-corrected chi connectivity index (χ4v) is 5.60. The molecule has 6 rings (SSSR count). The van der Waals surface area contributed by atoms with Gasteiger partial charge in [-0.05, 0) is 50.2 Å². The number of carbonyl (C=O) groups is 2. The molecule has 0 radical (unpaired) electrons. The average Bonchev–Trinajstić information content (AvgIpc) is 3.22. The molecular formula is C39H33Cl2F2N7O12. The molecule has 0 saturated heterocycles. The molecule has 0 aliphatic rings. The third-order valence-electron chi connectivity index (χ3n) is 8.41. The van der Waals surface area contributed by atoms with Crippen molar-refractivity contribution in [3.8, 4) is 46.1 Å². The van der Waals surface area contributed by atoms with Crippen LogP contribution in [0.15, 0.2) is 92.2 Å². The van der Waals surface area contributed by atoms with Crippen LogP contribution in [0.2, 0.25) is 10.0 Å². The number of aryl methyl sites for hydroxylation is 2. The van der Waals surface area contributed by atoms with E-state index in [1.165, 1.54) is 79.1 Å². The van der Waals surface area contributed by atoms with Crippen molar-refractivity contribution in [2.24, 2.45) is 14.1 Å². The third-order valence-corrected chi connectivity index (χ3v) is 9.00. The number of pyridine rings is 2. The summed E-state index contributed by atoms with van der Waals surface area (Å²) < 4.78 is 54.7. The van der Waals surface area contributed by atoms with Gasteiger partial charge in [0.05, 0.1) is 28.5 Å². The standard InChI is InChI=1S/C20H18ClFN4O6.C19H15ClFN3O6/c1-11-7-18(28)26(20(29)25(11)2)14-9-16(12(21)8-13(14)22)32-15-5-4-6-23-19(15)31-10-17(27)24-30-3;1-10-6-16(25)24(19(28)23(10)2)13-8-15(11(20)7-12(13)21)30-14-4-3-5-22-18(14)29-9-17(26)27/h4-9H,10H2,1-3H3,(H,24,27);3-8H,9H2,1-2H3,(H,26,27). The fraction of sp³-hybridized carbons (Fsp3) is 0.179. The maximum absolute atomic E-state index is 14.7. The SMILES string of the molecule is CONC(=O)COc1ncccc1Oc1cc(-n2c(=O)cc(C)n(C)c2=O)c(F)cc1Cl.Cc1cc(=O)n(-c2cc(Oc3cccnc3OCC(=O)O)c(Cl)cc2F)c(=O)n1C. The molecule has 4 heterocycles. The summed E-state index contributed by atoms with van der Waals surface area (Å²) >= 11 is 12.2. The molecule has 0 atom stereocenters. The van der Waals surface area contributed by atoms with E-state index in [1.807, 2.05) is 0 Å². The number of halogens is 4. The molecule has 0 bridgehead atoms. The van der Waals surface area contributed by atoms with E-state index >= 15 is 0 Å². The van der Waals surface area contributed by atoms with Gasteiger partial charge in [0.1, 0.15) is 23.1 Å². The van der Waals surface area contributed by atoms with Crippen molar-refractivity contribution < 1.29 is 47.3 Å². The van der Waals surface area contributed by atoms with Gasteiger partial charge in [0.15, 0.2) is 24.7 Å². The lowest BCUT2D eigenvalue weighted by Crippen LogP contribution is -2.38. The maximum atomic E-state index is 14.7. The summed E-state index contributed by atoms with van der Waals surface area (Å²) in [6.45, 7) is 2.07. The molecule has 0 aliphatic heterocycles. The lowest BCUT2D eigenvalue weighted by atomic mass is 10.2. The molecular weight excluding hydrogens is 867 g/mol. The van der Waals surface area contributed by atoms with E-state index in [2.05, 4.69) is 20.3 Å². The molecule has 23 heteroatoms. The zero-order valence-corrected chi connectivity index (χ0v) is 34.5. The third kappa shape index (κ3) is 10.5. The quantitative estimate of drug-likeness (QED) is 0.155. The molecule has 2 aromatic carbocycles. The first kappa shape index (κ1) is 45.7. The highest BCUT2D eigenvalue weighted by atomic mass is 35.5. The number of aromatic nitrogens is 6. The molecule has 0 aliphatic carbocycles. The number of carboxylic acid groups (broad SMARTS) is 1. The van der Waals surface area contributed by atoms with E-state index in [9.17, 15) is 37.5 Å². The van der Waals surface area contributed by atoms with Crippen LogP contribution in [0.1, 0.15) is 11.4 Å². The van der Waals surface area contributed by atoms with Gasteiger partial charge in [-0.15, -0.1) is 0 Å². The number of ether oxygens (including phenoxy) is 4. The number of aliphatic carboxylic acids is 1. The van der Waals surface area contributed by atoms with Crippen molar-refractivity contribution in [1.29, 1.82) is 0 Å². The Morgan fingerprint density at radius 1 is 0.694 bits per heavy atom. The Hall–Kier alpha value is -7.36. The number of carboxylic acids is 1. The minimum atomic E-state index is -1.22. The van der Waals surface area contributed by atoms with Gasteiger partial charge in [-0.2, -0.15) is 0 Å². The molecule has 1 amide bonds.